The number of esters is 2. The summed E-state index contributed by atoms with van der Waals surface area (Å²) in [6, 6.07) is 0. The molecular weight excluding hydrogens is 706 g/mol. The average molecular weight is 754 g/mol. The average Bonchev–Trinajstić information content (AvgIpc) is 3.62. The summed E-state index contributed by atoms with van der Waals surface area (Å²) >= 11 is 0. The molecule has 0 aromatic heterocycles. The minimum atomic E-state index is -2.21. The zero-order valence-electron chi connectivity index (χ0n) is 31.6. The molecule has 6 rings (SSSR count). The third-order valence-electron chi connectivity index (χ3n) is 10.6. The molecule has 4 heterocycles. The van der Waals surface area contributed by atoms with Crippen LogP contribution >= 0.6 is 0 Å². The Balaban J connectivity index is 1.66. The highest BCUT2D eigenvalue weighted by atomic mass is 16.8. The molecule has 1 aromatic carbocycles. The number of ketones is 2. The topological polar surface area (TPSA) is 213 Å². The predicted octanol–water partition coefficient (Wildman–Crippen LogP) is 3.17. The molecule has 4 aliphatic heterocycles. The molecule has 5 aliphatic rings. The molecule has 0 radical (unpaired) electrons. The second-order valence-corrected chi connectivity index (χ2v) is 14.4. The summed E-state index contributed by atoms with van der Waals surface area (Å²) in [5, 5.41) is 36.6. The Morgan fingerprint density at radius 1 is 0.963 bits per heavy atom. The fraction of sp³-hybridized carbons (Fsp3) is 0.513. The van der Waals surface area contributed by atoms with Gasteiger partial charge in [-0.1, -0.05) is 45.9 Å². The quantitative estimate of drug-likeness (QED) is 0.320. The SMILES string of the molecule is COC1/C=C\O[C@@]2(C)Oc3c(C)c(O)c4c(c3C2=O)C2(C=C(NC(=O)/C(C)=C\C=C/C(C)C(O)[C@@H](C)C(O)C(C)C(OC(C)=O)[C@@H]1C)C4=O)OCC(=O)O2. The van der Waals surface area contributed by atoms with Crippen LogP contribution in [0.15, 0.2) is 47.9 Å². The number of aromatic hydroxyl groups is 1. The normalized spacial score (nSPS) is 36.6. The Hall–Kier alpha value is -4.83. The van der Waals surface area contributed by atoms with Crippen LogP contribution in [0.4, 0.5) is 0 Å². The number of aliphatic hydroxyl groups is 2. The van der Waals surface area contributed by atoms with Crippen LogP contribution in [0.5, 0.6) is 11.5 Å². The first-order valence-electron chi connectivity index (χ1n) is 17.6. The first-order chi connectivity index (χ1) is 25.3. The molecule has 10 atom stereocenters. The van der Waals surface area contributed by atoms with E-state index < -0.39 is 107 Å². The van der Waals surface area contributed by atoms with Gasteiger partial charge in [0.25, 0.3) is 17.5 Å². The largest absolute Gasteiger partial charge is 0.507 e. The van der Waals surface area contributed by atoms with Crippen molar-refractivity contribution in [1.82, 2.24) is 5.32 Å². The van der Waals surface area contributed by atoms with Crippen molar-refractivity contribution < 1.29 is 67.7 Å². The molecular formula is C39H47NO14. The van der Waals surface area contributed by atoms with Crippen LogP contribution in [-0.4, -0.2) is 88.7 Å². The Morgan fingerprint density at radius 3 is 2.26 bits per heavy atom. The molecule has 1 amide bonds. The number of amides is 1. The Labute approximate surface area is 312 Å². The van der Waals surface area contributed by atoms with Gasteiger partial charge in [0.1, 0.15) is 24.2 Å². The predicted molar refractivity (Wildman–Crippen MR) is 189 cm³/mol. The molecule has 7 unspecified atom stereocenters. The second-order valence-electron chi connectivity index (χ2n) is 14.4. The van der Waals surface area contributed by atoms with E-state index in [1.807, 2.05) is 0 Å². The third-order valence-corrected chi connectivity index (χ3v) is 10.6. The highest BCUT2D eigenvalue weighted by Crippen LogP contribution is 2.53. The lowest BCUT2D eigenvalue weighted by Gasteiger charge is -2.38. The summed E-state index contributed by atoms with van der Waals surface area (Å²) in [7, 11) is 1.42. The number of methoxy groups -OCH3 is 1. The first-order valence-corrected chi connectivity index (χ1v) is 17.6. The van der Waals surface area contributed by atoms with Gasteiger partial charge in [-0.05, 0) is 19.9 Å². The van der Waals surface area contributed by atoms with Crippen molar-refractivity contribution >= 4 is 29.4 Å². The summed E-state index contributed by atoms with van der Waals surface area (Å²) in [6.07, 6.45) is 4.41. The number of allylic oxidation sites excluding steroid dienone is 3. The van der Waals surface area contributed by atoms with Gasteiger partial charge in [-0.3, -0.25) is 19.2 Å². The first kappa shape index (κ1) is 40.4. The van der Waals surface area contributed by atoms with Crippen molar-refractivity contribution in [3.63, 3.8) is 0 Å². The van der Waals surface area contributed by atoms with E-state index in [1.54, 1.807) is 39.8 Å². The van der Waals surface area contributed by atoms with Crippen molar-refractivity contribution in [3.05, 3.63) is 70.2 Å². The lowest BCUT2D eigenvalue weighted by atomic mass is 9.78. The van der Waals surface area contributed by atoms with Gasteiger partial charge < -0.3 is 49.1 Å². The van der Waals surface area contributed by atoms with Crippen molar-refractivity contribution in [2.75, 3.05) is 13.7 Å². The number of phenols is 1. The fourth-order valence-corrected chi connectivity index (χ4v) is 7.37. The van der Waals surface area contributed by atoms with E-state index in [9.17, 15) is 39.3 Å². The molecule has 15 heteroatoms. The number of nitrogens with one attached hydrogen (secondary N) is 1. The minimum absolute atomic E-state index is 0.00812. The minimum Gasteiger partial charge on any atom is -0.507 e. The number of benzene rings is 1. The zero-order chi connectivity index (χ0) is 40.0. The van der Waals surface area contributed by atoms with Gasteiger partial charge in [-0.2, -0.15) is 0 Å². The molecule has 5 bridgehead atoms. The molecule has 1 aromatic rings. The Morgan fingerprint density at radius 2 is 1.65 bits per heavy atom. The molecule has 0 saturated carbocycles. The highest BCUT2D eigenvalue weighted by molar-refractivity contribution is 6.19. The van der Waals surface area contributed by atoms with Gasteiger partial charge >= 0.3 is 17.7 Å². The van der Waals surface area contributed by atoms with Crippen LogP contribution in [0.1, 0.15) is 80.3 Å². The van der Waals surface area contributed by atoms with E-state index in [2.05, 4.69) is 5.32 Å². The molecule has 15 nitrogen and oxygen atoms in total. The molecule has 4 N–H and O–H groups in total. The Kier molecular flexibility index (Phi) is 11.3. The Bertz CT molecular complexity index is 1880. The monoisotopic (exact) mass is 753 g/mol. The number of hydrogen-bond donors (Lipinski definition) is 4. The van der Waals surface area contributed by atoms with Gasteiger partial charge in [0, 0.05) is 61.8 Å². The van der Waals surface area contributed by atoms with Crippen LogP contribution in [0.2, 0.25) is 0 Å². The van der Waals surface area contributed by atoms with E-state index in [0.717, 1.165) is 12.3 Å². The van der Waals surface area contributed by atoms with Gasteiger partial charge in [0.2, 0.25) is 5.78 Å². The highest BCUT2D eigenvalue weighted by Gasteiger charge is 2.58. The number of phenolic OH excluding ortho intramolecular Hbond substituents is 1. The molecule has 1 spiro atoms. The lowest BCUT2D eigenvalue weighted by Crippen LogP contribution is -2.46. The van der Waals surface area contributed by atoms with E-state index in [-0.39, 0.29) is 33.7 Å². The number of rotatable bonds is 2. The second kappa shape index (κ2) is 15.1. The van der Waals surface area contributed by atoms with Gasteiger partial charge in [0.05, 0.1) is 47.0 Å². The van der Waals surface area contributed by atoms with Crippen LogP contribution in [0.25, 0.3) is 0 Å². The number of carbonyl (C=O) groups excluding carboxylic acids is 5. The molecule has 1 saturated heterocycles. The number of aliphatic hydroxyl groups excluding tert-OH is 2. The number of Topliss-reactive ketones (excluding diaryl/α,β-unsaturated/α-hetero) is 2. The van der Waals surface area contributed by atoms with Crippen LogP contribution in [-0.2, 0) is 43.9 Å². The van der Waals surface area contributed by atoms with Crippen molar-refractivity contribution in [2.45, 2.75) is 91.4 Å². The smallest absolute Gasteiger partial charge is 0.335 e. The van der Waals surface area contributed by atoms with Crippen LogP contribution in [0.3, 0.4) is 0 Å². The fourth-order valence-electron chi connectivity index (χ4n) is 7.37. The number of hydrogen-bond acceptors (Lipinski definition) is 14. The summed E-state index contributed by atoms with van der Waals surface area (Å²) in [6.45, 7) is 11.7. The van der Waals surface area contributed by atoms with Crippen molar-refractivity contribution in [1.29, 1.82) is 0 Å². The van der Waals surface area contributed by atoms with Crippen molar-refractivity contribution in [2.24, 2.45) is 23.7 Å². The number of fused-ring (bicyclic) bond motifs is 13. The van der Waals surface area contributed by atoms with Crippen LogP contribution < -0.4 is 10.1 Å². The van der Waals surface area contributed by atoms with E-state index in [1.165, 1.54) is 47.0 Å². The van der Waals surface area contributed by atoms with Gasteiger partial charge in [-0.25, -0.2) is 4.79 Å². The number of ether oxygens (including phenoxy) is 6. The summed E-state index contributed by atoms with van der Waals surface area (Å²) < 4.78 is 34.8. The molecule has 54 heavy (non-hydrogen) atoms. The molecule has 292 valence electrons. The summed E-state index contributed by atoms with van der Waals surface area (Å²) in [5.41, 5.74) is -1.23. The van der Waals surface area contributed by atoms with E-state index >= 15 is 0 Å². The van der Waals surface area contributed by atoms with E-state index in [0.29, 0.717) is 0 Å². The summed E-state index contributed by atoms with van der Waals surface area (Å²) in [5.74, 6) is -11.4. The maximum atomic E-state index is 14.3. The zero-order valence-corrected chi connectivity index (χ0v) is 31.6. The van der Waals surface area contributed by atoms with E-state index in [4.69, 9.17) is 28.4 Å². The van der Waals surface area contributed by atoms with Gasteiger partial charge in [-0.15, -0.1) is 0 Å². The maximum absolute atomic E-state index is 14.3. The number of carbonyl (C=O) groups is 5. The summed E-state index contributed by atoms with van der Waals surface area (Å²) in [4.78, 5) is 66.6. The maximum Gasteiger partial charge on any atom is 0.335 e. The third kappa shape index (κ3) is 7.08. The standard InChI is InChI=1S/C39H47NO14/c1-17-11-10-12-18(2)37(48)40-24-15-39(51-16-26(42)53-39)29-27(33(24)46)32(45)22(6)35-28(29)36(47)38(8,54-35)50-14-13-25(49-9)19(3)34(52-23(7)41)21(5)31(44)20(4)30(17)43/h10-15,17,19-21,25,30-31,34,43-45H,16H2,1-9H3,(H,40,48)/b11-10-,14-13-,18-12-/t17?,19-,20-,21?,25?,30?,31?,34?,38+,39?/m1/s1. The molecule has 1 aliphatic carbocycles. The van der Waals surface area contributed by atoms with Gasteiger partial charge in [0.15, 0.2) is 0 Å². The lowest BCUT2D eigenvalue weighted by molar-refractivity contribution is -0.161. The van der Waals surface area contributed by atoms with Crippen LogP contribution in [0, 0.1) is 30.6 Å². The molecule has 1 fully saturated rings. The van der Waals surface area contributed by atoms with Crippen molar-refractivity contribution in [3.8, 4) is 11.5 Å².